The topological polar surface area (TPSA) is 418 Å². The molecule has 0 aromatic carbocycles. The molecule has 0 aromatic rings. The monoisotopic (exact) mass is 1180 g/mol. The van der Waals surface area contributed by atoms with Gasteiger partial charge in [-0.15, -0.1) is 0 Å². The Morgan fingerprint density at radius 3 is 1.77 bits per heavy atom. The van der Waals surface area contributed by atoms with Gasteiger partial charge in [-0.1, -0.05) is 46.3 Å². The molecule has 0 amide bonds. The second kappa shape index (κ2) is 23.1. The molecule has 4 heterocycles. The number of carbonyl (C=O) groups is 3. The first-order valence-electron chi connectivity index (χ1n) is 28.8. The highest BCUT2D eigenvalue weighted by Crippen LogP contribution is 2.76. The van der Waals surface area contributed by atoms with Gasteiger partial charge in [0.2, 0.25) is 0 Å². The average molecular weight is 1180 g/mol. The van der Waals surface area contributed by atoms with Crippen LogP contribution >= 0.6 is 0 Å². The number of esters is 1. The van der Waals surface area contributed by atoms with Gasteiger partial charge >= 0.3 is 17.9 Å². The van der Waals surface area contributed by atoms with Crippen LogP contribution in [0.2, 0.25) is 0 Å². The molecule has 9 aliphatic rings. The first kappa shape index (κ1) is 63.8. The Morgan fingerprint density at radius 1 is 0.573 bits per heavy atom. The van der Waals surface area contributed by atoms with Gasteiger partial charge in [-0.3, -0.25) is 9.59 Å². The van der Waals surface area contributed by atoms with Gasteiger partial charge in [0.15, 0.2) is 31.3 Å². The van der Waals surface area contributed by atoms with Crippen molar-refractivity contribution in [1.82, 2.24) is 0 Å². The van der Waals surface area contributed by atoms with E-state index in [1.54, 1.807) is 6.92 Å². The molecule has 0 unspecified atom stereocenters. The number of carbonyl (C=O) groups excluding carboxylic acids is 1. The van der Waals surface area contributed by atoms with Crippen molar-refractivity contribution in [2.75, 3.05) is 19.8 Å². The third kappa shape index (κ3) is 10.3. The van der Waals surface area contributed by atoms with E-state index in [-0.39, 0.29) is 36.0 Å². The number of hydrogen-bond donors (Lipinski definition) is 14. The summed E-state index contributed by atoms with van der Waals surface area (Å²) in [7, 11) is 0. The van der Waals surface area contributed by atoms with E-state index in [1.165, 1.54) is 19.4 Å². The van der Waals surface area contributed by atoms with Crippen molar-refractivity contribution in [3.8, 4) is 0 Å². The van der Waals surface area contributed by atoms with Gasteiger partial charge in [-0.05, 0) is 99.2 Å². The maximum absolute atomic E-state index is 13.0. The molecule has 31 atom stereocenters. The van der Waals surface area contributed by atoms with E-state index in [9.17, 15) is 85.9 Å². The van der Waals surface area contributed by atoms with Crippen molar-refractivity contribution in [1.29, 1.82) is 0 Å². The lowest BCUT2D eigenvalue weighted by molar-refractivity contribution is -0.410. The molecule has 26 nitrogen and oxygen atoms in total. The zero-order chi connectivity index (χ0) is 60.3. The summed E-state index contributed by atoms with van der Waals surface area (Å²) in [5.41, 5.74) is -2.76. The maximum atomic E-state index is 13.0. The molecule has 4 aliphatic heterocycles. The van der Waals surface area contributed by atoms with Crippen LogP contribution in [-0.4, -0.2) is 244 Å². The number of aliphatic hydroxyl groups is 12. The van der Waals surface area contributed by atoms with Crippen molar-refractivity contribution < 1.29 is 129 Å². The number of carboxylic acid groups (broad SMARTS) is 2. The van der Waals surface area contributed by atoms with E-state index in [4.69, 9.17) is 42.6 Å². The molecule has 0 radical (unpaired) electrons. The number of rotatable bonds is 14. The Hall–Kier alpha value is -2.65. The summed E-state index contributed by atoms with van der Waals surface area (Å²) in [6, 6.07) is 0. The Morgan fingerprint density at radius 2 is 1.16 bits per heavy atom. The van der Waals surface area contributed by atoms with E-state index in [2.05, 4.69) is 33.8 Å². The SMILES string of the molecule is CC(=O)O[C@@H]1C[C@](C)(C(=O)O)C[C@H]2C3=CC[C@@H]4[C@@]5(C)CC[C@H](O[C@@H]6O[C@H](C(=O)O)[C@@H](O)[C@H](O)[C@H]6O[C@@H]6O[C@H](CO)[C@H](O)[C@H](O[C@@H]7O[C@H](CO)[C@H](O)[C@H](O)[C@H]7O)[C@H]6O[C@@H]6O[C@@H](C)[C@H](O)[C@@H](O)[C@H]6O)[C@](C)(CO)[C@@H]5CC[C@@]4(C)[C@]3(C)CC[C@@]12C. The lowest BCUT2D eigenvalue weighted by atomic mass is 9.33. The van der Waals surface area contributed by atoms with Gasteiger partial charge in [0, 0.05) is 24.2 Å². The van der Waals surface area contributed by atoms with Crippen molar-refractivity contribution >= 4 is 17.9 Å². The molecule has 4 saturated heterocycles. The highest BCUT2D eigenvalue weighted by atomic mass is 16.8. The van der Waals surface area contributed by atoms with Crippen molar-refractivity contribution in [3.63, 3.8) is 0 Å². The van der Waals surface area contributed by atoms with Gasteiger partial charge in [0.1, 0.15) is 91.6 Å². The first-order valence-corrected chi connectivity index (χ1v) is 28.8. The molecule has 5 aliphatic carbocycles. The minimum atomic E-state index is -2.22. The van der Waals surface area contributed by atoms with Crippen LogP contribution in [0.3, 0.4) is 0 Å². The summed E-state index contributed by atoms with van der Waals surface area (Å²) in [5, 5.41) is 153. The van der Waals surface area contributed by atoms with E-state index in [0.29, 0.717) is 38.5 Å². The zero-order valence-electron chi connectivity index (χ0n) is 47.7. The highest BCUT2D eigenvalue weighted by Gasteiger charge is 2.71. The van der Waals surface area contributed by atoms with E-state index < -0.39 is 200 Å². The summed E-state index contributed by atoms with van der Waals surface area (Å²) in [6.45, 7) is 12.9. The van der Waals surface area contributed by atoms with Gasteiger partial charge in [0.05, 0.1) is 37.4 Å². The molecule has 9 rings (SSSR count). The molecule has 26 heteroatoms. The minimum Gasteiger partial charge on any atom is -0.481 e. The standard InChI is InChI=1S/C56H88O26/c1-22-32(61)35(64)39(68)46(74-22)82-44-41(79-47-40(69)36(65)33(62)26(19-57)76-47)34(63)27(20-58)77-49(44)81-43-38(67)37(66)42(45(70)71)80-48(43)78-30-12-13-53(5)28(54(30,6)21-59)11-14-56(8)29(53)10-9-24-25-17-51(3,50(72)73)18-31(75-23(2)60)52(25,4)15-16-55(24,56)7/h9,22,25-44,46-49,57-59,61-69H,10-21H2,1-8H3,(H,70,71)(H,72,73)/t22-,25-,26+,27+,28+,29+,30-,31+,32-,33-,34-,35+,36-,37-,38-,39+,40+,41-,42-,43+,44+,46-,47-,48+,49-,51+,52+,53-,54+,55+,56+/m0/s1. The molecule has 82 heavy (non-hydrogen) atoms. The van der Waals surface area contributed by atoms with Crippen LogP contribution in [0.4, 0.5) is 0 Å². The summed E-state index contributed by atoms with van der Waals surface area (Å²) < 4.78 is 54.8. The first-order chi connectivity index (χ1) is 38.3. The third-order valence-electron chi connectivity index (χ3n) is 22.2. The van der Waals surface area contributed by atoms with Crippen LogP contribution in [0.5, 0.6) is 0 Å². The van der Waals surface area contributed by atoms with E-state index in [0.717, 1.165) is 6.42 Å². The van der Waals surface area contributed by atoms with Crippen LogP contribution in [0.15, 0.2) is 11.6 Å². The predicted octanol–water partition coefficient (Wildman–Crippen LogP) is -1.84. The summed E-state index contributed by atoms with van der Waals surface area (Å²) >= 11 is 0. The number of allylic oxidation sites excluding steroid dienone is 2. The van der Waals surface area contributed by atoms with Crippen molar-refractivity contribution in [2.24, 2.45) is 50.2 Å². The largest absolute Gasteiger partial charge is 0.481 e. The Labute approximate surface area is 475 Å². The van der Waals surface area contributed by atoms with Gasteiger partial charge < -0.3 is 114 Å². The van der Waals surface area contributed by atoms with Crippen molar-refractivity contribution in [2.45, 2.75) is 248 Å². The highest BCUT2D eigenvalue weighted by molar-refractivity contribution is 5.75. The minimum absolute atomic E-state index is 0.0325. The van der Waals surface area contributed by atoms with Crippen LogP contribution in [-0.2, 0) is 57.0 Å². The average Bonchev–Trinajstić information content (AvgIpc) is 1.13. The number of aliphatic hydroxyl groups excluding tert-OH is 12. The smallest absolute Gasteiger partial charge is 0.335 e. The van der Waals surface area contributed by atoms with Crippen LogP contribution in [0, 0.1) is 50.2 Å². The lowest BCUT2D eigenvalue weighted by Crippen LogP contribution is -2.69. The second-order valence-electron chi connectivity index (χ2n) is 26.7. The summed E-state index contributed by atoms with van der Waals surface area (Å²) in [4.78, 5) is 38.3. The molecular formula is C56H88O26. The number of aliphatic carboxylic acids is 2. The summed E-state index contributed by atoms with van der Waals surface area (Å²) in [5.74, 6) is -3.51. The fraction of sp³-hybridized carbons (Fsp3) is 0.911. The fourth-order valence-corrected chi connectivity index (χ4v) is 16.9. The molecule has 14 N–H and O–H groups in total. The third-order valence-corrected chi connectivity index (χ3v) is 22.2. The van der Waals surface area contributed by atoms with Crippen LogP contribution in [0.25, 0.3) is 0 Å². The van der Waals surface area contributed by atoms with Crippen LogP contribution < -0.4 is 0 Å². The zero-order valence-corrected chi connectivity index (χ0v) is 47.7. The molecular weight excluding hydrogens is 1090 g/mol. The maximum Gasteiger partial charge on any atom is 0.335 e. The molecule has 0 bridgehead atoms. The normalized spacial score (nSPS) is 54.0. The lowest BCUT2D eigenvalue weighted by Gasteiger charge is -2.71. The van der Waals surface area contributed by atoms with Crippen LogP contribution in [0.1, 0.15) is 113 Å². The molecule has 8 fully saturated rings. The Bertz CT molecular complexity index is 2360. The van der Waals surface area contributed by atoms with E-state index in [1.807, 2.05) is 6.92 Å². The summed E-state index contributed by atoms with van der Waals surface area (Å²) in [6.07, 6.45) is -32.8. The van der Waals surface area contributed by atoms with Crippen molar-refractivity contribution in [3.05, 3.63) is 11.6 Å². The fourth-order valence-electron chi connectivity index (χ4n) is 16.9. The Kier molecular flexibility index (Phi) is 18.0. The second-order valence-corrected chi connectivity index (χ2v) is 26.7. The molecule has 0 aromatic heterocycles. The van der Waals surface area contributed by atoms with Gasteiger partial charge in [-0.2, -0.15) is 0 Å². The van der Waals surface area contributed by atoms with Gasteiger partial charge in [-0.25, -0.2) is 4.79 Å². The predicted molar refractivity (Wildman–Crippen MR) is 275 cm³/mol. The van der Waals surface area contributed by atoms with Gasteiger partial charge in [0.25, 0.3) is 0 Å². The number of ether oxygens (including phenoxy) is 9. The number of fused-ring (bicyclic) bond motifs is 7. The number of hydrogen-bond acceptors (Lipinski definition) is 24. The van der Waals surface area contributed by atoms with E-state index >= 15 is 0 Å². The Balaban J connectivity index is 1.03. The quantitative estimate of drug-likeness (QED) is 0.0516. The molecule has 468 valence electrons. The number of carboxylic acids is 2. The molecule has 4 saturated carbocycles. The molecule has 0 spiro atoms.